The van der Waals surface area contributed by atoms with Crippen LogP contribution in [0.25, 0.3) is 0 Å². The molecular weight excluding hydrogens is 260 g/mol. The number of fused-ring (bicyclic) bond motifs is 1. The molecule has 2 unspecified atom stereocenters. The maximum atomic E-state index is 10.6. The van der Waals surface area contributed by atoms with E-state index in [0.29, 0.717) is 0 Å². The van der Waals surface area contributed by atoms with E-state index in [1.165, 1.54) is 11.1 Å². The molecule has 2 atom stereocenters. The third-order valence-electron chi connectivity index (χ3n) is 4.28. The molecule has 0 saturated carbocycles. The number of aryl methyl sites for hydroxylation is 2. The van der Waals surface area contributed by atoms with Crippen molar-refractivity contribution < 1.29 is 9.84 Å². The third kappa shape index (κ3) is 3.11. The first-order chi connectivity index (χ1) is 10.3. The number of ether oxygens (including phenoxy) is 1. The van der Waals surface area contributed by atoms with Gasteiger partial charge in [0.2, 0.25) is 0 Å². The summed E-state index contributed by atoms with van der Waals surface area (Å²) in [7, 11) is 0. The maximum absolute atomic E-state index is 10.6. The molecule has 0 spiro atoms. The van der Waals surface area contributed by atoms with Gasteiger partial charge in [0.1, 0.15) is 18.0 Å². The Morgan fingerprint density at radius 1 is 1.10 bits per heavy atom. The molecule has 0 aliphatic heterocycles. The third-order valence-corrected chi connectivity index (χ3v) is 4.28. The molecule has 0 fully saturated rings. The second-order valence-electron chi connectivity index (χ2n) is 5.69. The van der Waals surface area contributed by atoms with Crippen molar-refractivity contribution >= 4 is 0 Å². The monoisotopic (exact) mass is 282 g/mol. The van der Waals surface area contributed by atoms with Crippen LogP contribution in [-0.4, -0.2) is 11.2 Å². The molecule has 3 rings (SSSR count). The van der Waals surface area contributed by atoms with Crippen molar-refractivity contribution in [1.82, 2.24) is 0 Å². The van der Waals surface area contributed by atoms with Gasteiger partial charge in [-0.15, -0.1) is 0 Å². The molecule has 0 aromatic heterocycles. The number of hydrogen-bond acceptors (Lipinski definition) is 2. The van der Waals surface area contributed by atoms with E-state index in [1.54, 1.807) is 0 Å². The van der Waals surface area contributed by atoms with Crippen molar-refractivity contribution in [2.45, 2.75) is 44.8 Å². The smallest absolute Gasteiger partial charge is 0.129 e. The fourth-order valence-electron chi connectivity index (χ4n) is 3.00. The van der Waals surface area contributed by atoms with Crippen molar-refractivity contribution in [3.05, 3.63) is 65.2 Å². The Hall–Kier alpha value is -1.80. The van der Waals surface area contributed by atoms with E-state index in [-0.39, 0.29) is 6.10 Å². The summed E-state index contributed by atoms with van der Waals surface area (Å²) in [6.07, 6.45) is 3.26. The average molecular weight is 282 g/mol. The van der Waals surface area contributed by atoms with Crippen LogP contribution in [0.2, 0.25) is 0 Å². The normalized spacial score (nSPS) is 21.4. The summed E-state index contributed by atoms with van der Waals surface area (Å²) in [6.45, 7) is 2.14. The van der Waals surface area contributed by atoms with E-state index >= 15 is 0 Å². The van der Waals surface area contributed by atoms with E-state index < -0.39 is 6.10 Å². The summed E-state index contributed by atoms with van der Waals surface area (Å²) < 4.78 is 6.05. The van der Waals surface area contributed by atoms with Crippen LogP contribution in [0.4, 0.5) is 0 Å². The van der Waals surface area contributed by atoms with Gasteiger partial charge in [0.15, 0.2) is 0 Å². The van der Waals surface area contributed by atoms with Gasteiger partial charge in [0, 0.05) is 0 Å². The number of aliphatic hydroxyl groups excluding tert-OH is 1. The summed E-state index contributed by atoms with van der Waals surface area (Å²) in [4.78, 5) is 0. The van der Waals surface area contributed by atoms with Crippen molar-refractivity contribution in [3.63, 3.8) is 0 Å². The van der Waals surface area contributed by atoms with Crippen molar-refractivity contribution in [2.24, 2.45) is 0 Å². The molecule has 0 bridgehead atoms. The molecule has 1 aliphatic carbocycles. The zero-order valence-electron chi connectivity index (χ0n) is 12.5. The topological polar surface area (TPSA) is 29.5 Å². The Kier molecular flexibility index (Phi) is 4.26. The van der Waals surface area contributed by atoms with Crippen molar-refractivity contribution in [3.8, 4) is 5.75 Å². The van der Waals surface area contributed by atoms with Crippen LogP contribution in [0.5, 0.6) is 5.75 Å². The molecule has 2 aromatic carbocycles. The first-order valence-electron chi connectivity index (χ1n) is 7.79. The minimum atomic E-state index is -0.547. The number of rotatable bonds is 3. The van der Waals surface area contributed by atoms with Crippen molar-refractivity contribution in [1.29, 1.82) is 0 Å². The van der Waals surface area contributed by atoms with Crippen LogP contribution in [0, 0.1) is 0 Å². The molecule has 1 aliphatic rings. The molecule has 2 heteroatoms. The Morgan fingerprint density at radius 2 is 1.86 bits per heavy atom. The van der Waals surface area contributed by atoms with Gasteiger partial charge in [-0.05, 0) is 54.5 Å². The second kappa shape index (κ2) is 6.31. The SMILES string of the molecule is CCc1ccc(OC2CCCc3ccccc3C2O)cc1. The van der Waals surface area contributed by atoms with Crippen LogP contribution in [-0.2, 0) is 12.8 Å². The lowest BCUT2D eigenvalue weighted by atomic mass is 10.0. The Morgan fingerprint density at radius 3 is 2.62 bits per heavy atom. The minimum absolute atomic E-state index is 0.166. The highest BCUT2D eigenvalue weighted by atomic mass is 16.5. The van der Waals surface area contributed by atoms with Gasteiger partial charge < -0.3 is 9.84 Å². The molecule has 0 radical (unpaired) electrons. The summed E-state index contributed by atoms with van der Waals surface area (Å²) in [5.74, 6) is 0.843. The molecule has 0 saturated heterocycles. The van der Waals surface area contributed by atoms with E-state index in [1.807, 2.05) is 30.3 Å². The largest absolute Gasteiger partial charge is 0.487 e. The zero-order chi connectivity index (χ0) is 14.7. The lowest BCUT2D eigenvalue weighted by molar-refractivity contribution is 0.0321. The second-order valence-corrected chi connectivity index (χ2v) is 5.69. The molecule has 0 amide bonds. The van der Waals surface area contributed by atoms with E-state index in [2.05, 4.69) is 25.1 Å². The first-order valence-corrected chi connectivity index (χ1v) is 7.79. The van der Waals surface area contributed by atoms with Crippen molar-refractivity contribution in [2.75, 3.05) is 0 Å². The average Bonchev–Trinajstić information content (AvgIpc) is 2.69. The molecule has 2 aromatic rings. The highest BCUT2D eigenvalue weighted by Gasteiger charge is 2.27. The summed E-state index contributed by atoms with van der Waals surface area (Å²) in [6, 6.07) is 16.3. The summed E-state index contributed by atoms with van der Waals surface area (Å²) in [5.41, 5.74) is 3.57. The molecule has 21 heavy (non-hydrogen) atoms. The minimum Gasteiger partial charge on any atom is -0.487 e. The quantitative estimate of drug-likeness (QED) is 0.860. The summed E-state index contributed by atoms with van der Waals surface area (Å²) >= 11 is 0. The lowest BCUT2D eigenvalue weighted by Crippen LogP contribution is -2.24. The molecule has 0 heterocycles. The van der Waals surface area contributed by atoms with Gasteiger partial charge in [-0.25, -0.2) is 0 Å². The van der Waals surface area contributed by atoms with Crippen LogP contribution >= 0.6 is 0 Å². The Bertz CT molecular complexity index is 589. The van der Waals surface area contributed by atoms with Gasteiger partial charge in [-0.3, -0.25) is 0 Å². The van der Waals surface area contributed by atoms with Gasteiger partial charge in [0.05, 0.1) is 0 Å². The maximum Gasteiger partial charge on any atom is 0.129 e. The van der Waals surface area contributed by atoms with Gasteiger partial charge >= 0.3 is 0 Å². The predicted molar refractivity (Wildman–Crippen MR) is 84.6 cm³/mol. The predicted octanol–water partition coefficient (Wildman–Crippen LogP) is 4.07. The van der Waals surface area contributed by atoms with Crippen LogP contribution in [0.15, 0.2) is 48.5 Å². The molecular formula is C19H22O2. The van der Waals surface area contributed by atoms with E-state index in [9.17, 15) is 5.11 Å². The molecule has 110 valence electrons. The Labute approximate surface area is 126 Å². The number of benzene rings is 2. The summed E-state index contributed by atoms with van der Waals surface area (Å²) in [5, 5.41) is 10.6. The van der Waals surface area contributed by atoms with Gasteiger partial charge in [-0.2, -0.15) is 0 Å². The zero-order valence-corrected chi connectivity index (χ0v) is 12.5. The van der Waals surface area contributed by atoms with E-state index in [0.717, 1.165) is 37.0 Å². The standard InChI is InChI=1S/C19H22O2/c1-2-14-10-12-16(13-11-14)21-18-9-5-7-15-6-3-4-8-17(15)19(18)20/h3-4,6,8,10-13,18-20H,2,5,7,9H2,1H3. The first kappa shape index (κ1) is 14.2. The fraction of sp³-hybridized carbons (Fsp3) is 0.368. The lowest BCUT2D eigenvalue weighted by Gasteiger charge is -2.23. The van der Waals surface area contributed by atoms with Crippen LogP contribution in [0.1, 0.15) is 42.6 Å². The highest BCUT2D eigenvalue weighted by molar-refractivity contribution is 5.32. The molecule has 1 N–H and O–H groups in total. The van der Waals surface area contributed by atoms with Crippen LogP contribution in [0.3, 0.4) is 0 Å². The van der Waals surface area contributed by atoms with Gasteiger partial charge in [-0.1, -0.05) is 43.3 Å². The number of hydrogen-bond donors (Lipinski definition) is 1. The Balaban J connectivity index is 1.78. The van der Waals surface area contributed by atoms with Crippen LogP contribution < -0.4 is 4.74 Å². The fourth-order valence-corrected chi connectivity index (χ4v) is 3.00. The van der Waals surface area contributed by atoms with E-state index in [4.69, 9.17) is 4.74 Å². The highest BCUT2D eigenvalue weighted by Crippen LogP contribution is 2.31. The van der Waals surface area contributed by atoms with Gasteiger partial charge in [0.25, 0.3) is 0 Å². The number of aliphatic hydroxyl groups is 1. The molecule has 2 nitrogen and oxygen atoms in total.